The molecule has 0 aliphatic heterocycles. The largest absolute Gasteiger partial charge is 0.508 e. The third-order valence-corrected chi connectivity index (χ3v) is 2.54. The van der Waals surface area contributed by atoms with Crippen molar-refractivity contribution in [3.05, 3.63) is 23.8 Å². The molecule has 1 atom stereocenters. The first-order valence-electron chi connectivity index (χ1n) is 4.43. The number of aromatic hydroxyl groups is 1. The second-order valence-corrected chi connectivity index (χ2v) is 4.61. The van der Waals surface area contributed by atoms with Crippen LogP contribution in [0, 0.1) is 5.92 Å². The molecular formula is C10H14O3S. The smallest absolute Gasteiger partial charge is 0.186 e. The lowest BCUT2D eigenvalue weighted by molar-refractivity contribution is 0.461. The molecule has 14 heavy (non-hydrogen) atoms. The third kappa shape index (κ3) is 2.82. The normalized spacial score (nSPS) is 13.1. The lowest BCUT2D eigenvalue weighted by Crippen LogP contribution is -1.97. The Labute approximate surface area is 86.1 Å². The van der Waals surface area contributed by atoms with Crippen LogP contribution in [0.15, 0.2) is 23.1 Å². The fourth-order valence-corrected chi connectivity index (χ4v) is 1.70. The molecule has 0 spiro atoms. The molecule has 1 unspecified atom stereocenters. The molecule has 1 rings (SSSR count). The van der Waals surface area contributed by atoms with Gasteiger partial charge in [-0.25, -0.2) is 4.21 Å². The summed E-state index contributed by atoms with van der Waals surface area (Å²) in [6.07, 6.45) is 0.705. The fraction of sp³-hybridized carbons (Fsp3) is 0.400. The molecule has 0 aliphatic carbocycles. The summed E-state index contributed by atoms with van der Waals surface area (Å²) < 4.78 is 19.6. The number of benzene rings is 1. The van der Waals surface area contributed by atoms with Gasteiger partial charge in [-0.1, -0.05) is 13.8 Å². The molecule has 3 nitrogen and oxygen atoms in total. The molecule has 0 fully saturated rings. The summed E-state index contributed by atoms with van der Waals surface area (Å²) in [6.45, 7) is 4.06. The highest BCUT2D eigenvalue weighted by atomic mass is 32.2. The van der Waals surface area contributed by atoms with Crippen LogP contribution in [0.1, 0.15) is 19.4 Å². The van der Waals surface area contributed by atoms with Crippen molar-refractivity contribution >= 4 is 11.1 Å². The molecule has 0 saturated carbocycles. The maximum atomic E-state index is 10.8. The first-order chi connectivity index (χ1) is 6.50. The summed E-state index contributed by atoms with van der Waals surface area (Å²) in [5.74, 6) is 0.594. The Morgan fingerprint density at radius 1 is 1.43 bits per heavy atom. The van der Waals surface area contributed by atoms with Gasteiger partial charge in [0.05, 0.1) is 4.90 Å². The van der Waals surface area contributed by atoms with Crippen molar-refractivity contribution in [3.8, 4) is 5.75 Å². The predicted molar refractivity (Wildman–Crippen MR) is 55.7 cm³/mol. The van der Waals surface area contributed by atoms with Crippen molar-refractivity contribution < 1.29 is 13.9 Å². The Morgan fingerprint density at radius 2 is 2.07 bits per heavy atom. The molecule has 1 aromatic carbocycles. The molecule has 1 aromatic rings. The van der Waals surface area contributed by atoms with Crippen molar-refractivity contribution in [3.63, 3.8) is 0 Å². The van der Waals surface area contributed by atoms with E-state index in [4.69, 9.17) is 4.55 Å². The summed E-state index contributed by atoms with van der Waals surface area (Å²) in [4.78, 5) is 0.332. The Bertz CT molecular complexity index is 347. The molecule has 0 bridgehead atoms. The zero-order valence-electron chi connectivity index (χ0n) is 8.23. The number of rotatable bonds is 3. The van der Waals surface area contributed by atoms with Gasteiger partial charge in [0.25, 0.3) is 0 Å². The molecule has 0 aliphatic rings. The summed E-state index contributed by atoms with van der Waals surface area (Å²) in [6, 6.07) is 4.49. The van der Waals surface area contributed by atoms with Crippen LogP contribution in [0.2, 0.25) is 0 Å². The van der Waals surface area contributed by atoms with Crippen molar-refractivity contribution in [1.29, 1.82) is 0 Å². The van der Waals surface area contributed by atoms with Crippen molar-refractivity contribution in [2.24, 2.45) is 5.92 Å². The van der Waals surface area contributed by atoms with Gasteiger partial charge in [0.15, 0.2) is 11.1 Å². The van der Waals surface area contributed by atoms with Crippen molar-refractivity contribution in [2.45, 2.75) is 25.2 Å². The topological polar surface area (TPSA) is 57.5 Å². The molecule has 0 saturated heterocycles. The molecule has 4 heteroatoms. The number of hydrogen-bond donors (Lipinski definition) is 2. The average molecular weight is 214 g/mol. The lowest BCUT2D eigenvalue weighted by Gasteiger charge is -2.08. The first-order valence-corrected chi connectivity index (χ1v) is 5.54. The SMILES string of the molecule is CC(C)Cc1cc(S(=O)O)ccc1O. The van der Waals surface area contributed by atoms with Crippen molar-refractivity contribution in [2.75, 3.05) is 0 Å². The second-order valence-electron chi connectivity index (χ2n) is 3.64. The fourth-order valence-electron chi connectivity index (χ4n) is 1.27. The molecule has 2 N–H and O–H groups in total. The van der Waals surface area contributed by atoms with Crippen LogP contribution in [0.3, 0.4) is 0 Å². The van der Waals surface area contributed by atoms with Crippen LogP contribution in [-0.2, 0) is 17.5 Å². The zero-order valence-corrected chi connectivity index (χ0v) is 9.04. The Hall–Kier alpha value is -0.870. The maximum absolute atomic E-state index is 10.8. The van der Waals surface area contributed by atoms with Crippen LogP contribution in [0.4, 0.5) is 0 Å². The quantitative estimate of drug-likeness (QED) is 0.758. The summed E-state index contributed by atoms with van der Waals surface area (Å²) in [7, 11) is 0. The summed E-state index contributed by atoms with van der Waals surface area (Å²) >= 11 is -1.97. The monoisotopic (exact) mass is 214 g/mol. The molecular weight excluding hydrogens is 200 g/mol. The highest BCUT2D eigenvalue weighted by Gasteiger charge is 2.07. The number of phenolic OH excluding ortho intramolecular Hbond substituents is 1. The van der Waals surface area contributed by atoms with Crippen LogP contribution in [0.5, 0.6) is 5.75 Å². The highest BCUT2D eigenvalue weighted by Crippen LogP contribution is 2.22. The Morgan fingerprint density at radius 3 is 2.57 bits per heavy atom. The Kier molecular flexibility index (Phi) is 3.66. The van der Waals surface area contributed by atoms with Gasteiger partial charge in [-0.15, -0.1) is 0 Å². The van der Waals surface area contributed by atoms with E-state index < -0.39 is 11.1 Å². The average Bonchev–Trinajstić information content (AvgIpc) is 2.07. The predicted octanol–water partition coefficient (Wildman–Crippen LogP) is 2.17. The highest BCUT2D eigenvalue weighted by molar-refractivity contribution is 7.79. The minimum atomic E-state index is -1.97. The van der Waals surface area contributed by atoms with E-state index in [0.29, 0.717) is 17.2 Å². The summed E-state index contributed by atoms with van der Waals surface area (Å²) in [5.41, 5.74) is 0.722. The standard InChI is InChI=1S/C10H14O3S/c1-7(2)5-8-6-9(14(12)13)3-4-10(8)11/h3-4,6-7,11H,5H2,1-2H3,(H,12,13). The van der Waals surface area contributed by atoms with E-state index in [-0.39, 0.29) is 5.75 Å². The minimum Gasteiger partial charge on any atom is -0.508 e. The van der Waals surface area contributed by atoms with Gasteiger partial charge in [0.2, 0.25) is 0 Å². The molecule has 78 valence electrons. The van der Waals surface area contributed by atoms with E-state index in [1.807, 2.05) is 13.8 Å². The van der Waals surface area contributed by atoms with E-state index >= 15 is 0 Å². The molecule has 0 heterocycles. The zero-order chi connectivity index (χ0) is 10.7. The van der Waals surface area contributed by atoms with Crippen molar-refractivity contribution in [1.82, 2.24) is 0 Å². The first kappa shape index (κ1) is 11.2. The van der Waals surface area contributed by atoms with E-state index in [0.717, 1.165) is 5.56 Å². The van der Waals surface area contributed by atoms with Gasteiger partial charge in [0, 0.05) is 0 Å². The van der Waals surface area contributed by atoms with Crippen LogP contribution < -0.4 is 0 Å². The van der Waals surface area contributed by atoms with Gasteiger partial charge in [-0.2, -0.15) is 0 Å². The number of phenols is 1. The van der Waals surface area contributed by atoms with E-state index in [2.05, 4.69) is 0 Å². The van der Waals surface area contributed by atoms with E-state index in [1.54, 1.807) is 6.07 Å². The van der Waals surface area contributed by atoms with Crippen LogP contribution in [0.25, 0.3) is 0 Å². The van der Waals surface area contributed by atoms with Gasteiger partial charge < -0.3 is 9.66 Å². The van der Waals surface area contributed by atoms with Gasteiger partial charge in [0.1, 0.15) is 5.75 Å². The molecule has 0 radical (unpaired) electrons. The number of hydrogen-bond acceptors (Lipinski definition) is 2. The maximum Gasteiger partial charge on any atom is 0.186 e. The van der Waals surface area contributed by atoms with E-state index in [1.165, 1.54) is 12.1 Å². The van der Waals surface area contributed by atoms with Gasteiger partial charge >= 0.3 is 0 Å². The molecule has 0 aromatic heterocycles. The third-order valence-electron chi connectivity index (χ3n) is 1.88. The van der Waals surface area contributed by atoms with Gasteiger partial charge in [-0.05, 0) is 36.1 Å². The summed E-state index contributed by atoms with van der Waals surface area (Å²) in [5, 5.41) is 9.49. The second kappa shape index (κ2) is 4.57. The van der Waals surface area contributed by atoms with Crippen LogP contribution >= 0.6 is 0 Å². The van der Waals surface area contributed by atoms with Crippen LogP contribution in [-0.4, -0.2) is 13.9 Å². The lowest BCUT2D eigenvalue weighted by atomic mass is 10.0. The van der Waals surface area contributed by atoms with E-state index in [9.17, 15) is 9.32 Å². The minimum absolute atomic E-state index is 0.188. The Balaban J connectivity index is 3.02. The van der Waals surface area contributed by atoms with Gasteiger partial charge in [-0.3, -0.25) is 0 Å². The molecule has 0 amide bonds.